The van der Waals surface area contributed by atoms with Crippen LogP contribution < -0.4 is 5.32 Å². The van der Waals surface area contributed by atoms with Gasteiger partial charge in [-0.3, -0.25) is 9.00 Å². The Morgan fingerprint density at radius 3 is 2.25 bits per heavy atom. The van der Waals surface area contributed by atoms with Crippen LogP contribution in [0.3, 0.4) is 0 Å². The molecule has 0 aromatic carbocycles. The Balaban J connectivity index is 4.06. The summed E-state index contributed by atoms with van der Waals surface area (Å²) in [6.45, 7) is 6.92. The van der Waals surface area contributed by atoms with E-state index < -0.39 is 22.5 Å². The first-order chi connectivity index (χ1) is 7.11. The zero-order valence-corrected chi connectivity index (χ0v) is 11.1. The topological polar surface area (TPSA) is 72.5 Å². The minimum Gasteiger partial charge on any atom is -0.444 e. The Hall–Kier alpha value is -0.910. The van der Waals surface area contributed by atoms with Gasteiger partial charge in [-0.15, -0.1) is 0 Å². The monoisotopic (exact) mass is 249 g/mol. The van der Waals surface area contributed by atoms with Crippen LogP contribution in [0.15, 0.2) is 0 Å². The summed E-state index contributed by atoms with van der Waals surface area (Å²) >= 11 is 0. The summed E-state index contributed by atoms with van der Waals surface area (Å²) in [5.41, 5.74) is -0.568. The highest BCUT2D eigenvalue weighted by molar-refractivity contribution is 7.99. The molecular formula is C10H19NO4S. The quantitative estimate of drug-likeness (QED) is 0.815. The van der Waals surface area contributed by atoms with Gasteiger partial charge in [0.25, 0.3) is 0 Å². The Labute approximate surface area is 98.4 Å². The SMILES string of the molecule is C[C@@H](CC(=O)S(C)=O)NC(=O)OC(C)(C)C. The van der Waals surface area contributed by atoms with Crippen molar-refractivity contribution in [3.63, 3.8) is 0 Å². The molecule has 0 spiro atoms. The third-order valence-electron chi connectivity index (χ3n) is 1.56. The van der Waals surface area contributed by atoms with Crippen molar-refractivity contribution in [2.75, 3.05) is 6.26 Å². The van der Waals surface area contributed by atoms with E-state index in [2.05, 4.69) is 5.32 Å². The van der Waals surface area contributed by atoms with Crippen LogP contribution >= 0.6 is 0 Å². The number of alkyl carbamates (subject to hydrolysis) is 1. The average molecular weight is 249 g/mol. The number of nitrogens with one attached hydrogen (secondary N) is 1. The van der Waals surface area contributed by atoms with Crippen LogP contribution in [-0.2, 0) is 20.3 Å². The Morgan fingerprint density at radius 2 is 1.88 bits per heavy atom. The van der Waals surface area contributed by atoms with E-state index in [1.807, 2.05) is 0 Å². The normalized spacial score (nSPS) is 15.1. The van der Waals surface area contributed by atoms with Crippen molar-refractivity contribution in [2.45, 2.75) is 45.8 Å². The maximum Gasteiger partial charge on any atom is 0.407 e. The highest BCUT2D eigenvalue weighted by Gasteiger charge is 2.19. The highest BCUT2D eigenvalue weighted by Crippen LogP contribution is 2.07. The number of rotatable bonds is 3. The van der Waals surface area contributed by atoms with Crippen molar-refractivity contribution >= 4 is 22.0 Å². The van der Waals surface area contributed by atoms with Crippen LogP contribution in [0.5, 0.6) is 0 Å². The van der Waals surface area contributed by atoms with Crippen LogP contribution in [-0.4, -0.2) is 33.3 Å². The lowest BCUT2D eigenvalue weighted by Crippen LogP contribution is -2.38. The minimum atomic E-state index is -1.50. The van der Waals surface area contributed by atoms with E-state index in [1.165, 1.54) is 6.26 Å². The minimum absolute atomic E-state index is 0.0440. The van der Waals surface area contributed by atoms with Crippen molar-refractivity contribution in [3.8, 4) is 0 Å². The molecule has 6 heteroatoms. The number of ether oxygens (including phenoxy) is 1. The van der Waals surface area contributed by atoms with E-state index in [0.29, 0.717) is 0 Å². The lowest BCUT2D eigenvalue weighted by Gasteiger charge is -2.21. The molecule has 0 radical (unpaired) electrons. The number of hydrogen-bond donors (Lipinski definition) is 1. The van der Waals surface area contributed by atoms with Crippen molar-refractivity contribution in [1.82, 2.24) is 5.32 Å². The predicted molar refractivity (Wildman–Crippen MR) is 62.5 cm³/mol. The fourth-order valence-electron chi connectivity index (χ4n) is 0.927. The molecule has 0 saturated carbocycles. The molecule has 1 unspecified atom stereocenters. The summed E-state index contributed by atoms with van der Waals surface area (Å²) < 4.78 is 15.8. The first kappa shape index (κ1) is 15.1. The molecule has 0 aromatic heterocycles. The molecule has 1 N–H and O–H groups in total. The molecule has 5 nitrogen and oxygen atoms in total. The van der Waals surface area contributed by atoms with Crippen molar-refractivity contribution in [3.05, 3.63) is 0 Å². The van der Waals surface area contributed by atoms with Gasteiger partial charge in [-0.2, -0.15) is 0 Å². The summed E-state index contributed by atoms with van der Waals surface area (Å²) in [7, 11) is -1.50. The maximum atomic E-state index is 11.3. The van der Waals surface area contributed by atoms with Gasteiger partial charge in [0.1, 0.15) is 5.60 Å². The molecule has 0 saturated heterocycles. The molecule has 0 bridgehead atoms. The Morgan fingerprint density at radius 1 is 1.38 bits per heavy atom. The summed E-state index contributed by atoms with van der Waals surface area (Å²) in [6, 6.07) is -0.383. The average Bonchev–Trinajstić information content (AvgIpc) is 1.98. The second kappa shape index (κ2) is 5.98. The molecule has 94 valence electrons. The molecule has 0 aromatic rings. The van der Waals surface area contributed by atoms with Crippen LogP contribution in [0.2, 0.25) is 0 Å². The van der Waals surface area contributed by atoms with Gasteiger partial charge in [-0.05, 0) is 27.7 Å². The molecule has 0 heterocycles. The predicted octanol–water partition coefficient (Wildman–Crippen LogP) is 1.19. The molecule has 0 rings (SSSR count). The van der Waals surface area contributed by atoms with Crippen molar-refractivity contribution in [1.29, 1.82) is 0 Å². The molecule has 1 amide bonds. The van der Waals surface area contributed by atoms with E-state index >= 15 is 0 Å². The number of carbonyl (C=O) groups excluding carboxylic acids is 2. The van der Waals surface area contributed by atoms with Gasteiger partial charge in [-0.25, -0.2) is 4.79 Å². The van der Waals surface area contributed by atoms with Gasteiger partial charge in [0, 0.05) is 18.7 Å². The summed E-state index contributed by atoms with van der Waals surface area (Å²) in [4.78, 5) is 22.4. The molecule has 0 aliphatic heterocycles. The Bertz CT molecular complexity index is 296. The molecule has 0 aliphatic carbocycles. The summed E-state index contributed by atoms with van der Waals surface area (Å²) in [5.74, 6) is 0. The lowest BCUT2D eigenvalue weighted by molar-refractivity contribution is -0.111. The van der Waals surface area contributed by atoms with E-state index in [0.717, 1.165) is 0 Å². The molecule has 0 aliphatic rings. The van der Waals surface area contributed by atoms with Crippen LogP contribution in [0.4, 0.5) is 4.79 Å². The van der Waals surface area contributed by atoms with E-state index in [-0.39, 0.29) is 17.6 Å². The maximum absolute atomic E-state index is 11.3. The number of hydrogen-bond acceptors (Lipinski definition) is 4. The second-order valence-electron chi connectivity index (χ2n) is 4.58. The van der Waals surface area contributed by atoms with Gasteiger partial charge in [0.15, 0.2) is 0 Å². The lowest BCUT2D eigenvalue weighted by atomic mass is 10.2. The fraction of sp³-hybridized carbons (Fsp3) is 0.800. The van der Waals surface area contributed by atoms with Crippen LogP contribution in [0, 0.1) is 0 Å². The summed E-state index contributed by atoms with van der Waals surface area (Å²) in [6.07, 6.45) is 0.792. The number of carbonyl (C=O) groups is 2. The zero-order valence-electron chi connectivity index (χ0n) is 10.3. The number of amides is 1. The Kier molecular flexibility index (Phi) is 5.64. The smallest absolute Gasteiger partial charge is 0.407 e. The van der Waals surface area contributed by atoms with Gasteiger partial charge in [0.05, 0.1) is 10.8 Å². The van der Waals surface area contributed by atoms with E-state index in [9.17, 15) is 13.8 Å². The third kappa shape index (κ3) is 7.39. The van der Waals surface area contributed by atoms with Crippen LogP contribution in [0.1, 0.15) is 34.1 Å². The van der Waals surface area contributed by atoms with E-state index in [1.54, 1.807) is 27.7 Å². The van der Waals surface area contributed by atoms with Crippen molar-refractivity contribution in [2.24, 2.45) is 0 Å². The van der Waals surface area contributed by atoms with Crippen molar-refractivity contribution < 1.29 is 18.5 Å². The zero-order chi connectivity index (χ0) is 12.9. The molecule has 2 atom stereocenters. The highest BCUT2D eigenvalue weighted by atomic mass is 32.2. The van der Waals surface area contributed by atoms with Gasteiger partial charge < -0.3 is 10.1 Å². The molecule has 16 heavy (non-hydrogen) atoms. The summed E-state index contributed by atoms with van der Waals surface area (Å²) in [5, 5.41) is 2.12. The van der Waals surface area contributed by atoms with Gasteiger partial charge in [-0.1, -0.05) is 0 Å². The first-order valence-corrected chi connectivity index (χ1v) is 6.53. The third-order valence-corrected chi connectivity index (χ3v) is 2.36. The van der Waals surface area contributed by atoms with Gasteiger partial charge in [0.2, 0.25) is 5.12 Å². The first-order valence-electron chi connectivity index (χ1n) is 4.97. The largest absolute Gasteiger partial charge is 0.444 e. The van der Waals surface area contributed by atoms with Crippen LogP contribution in [0.25, 0.3) is 0 Å². The van der Waals surface area contributed by atoms with Gasteiger partial charge >= 0.3 is 6.09 Å². The van der Waals surface area contributed by atoms with E-state index in [4.69, 9.17) is 4.74 Å². The molecular weight excluding hydrogens is 230 g/mol. The second-order valence-corrected chi connectivity index (χ2v) is 5.94. The standard InChI is InChI=1S/C10H19NO4S/c1-7(6-8(12)16(5)14)11-9(13)15-10(2,3)4/h7H,6H2,1-5H3,(H,11,13)/t7-,16?/m0/s1. The molecule has 0 fully saturated rings. The fourth-order valence-corrected chi connectivity index (χ4v) is 1.41.